The van der Waals surface area contributed by atoms with Gasteiger partial charge in [0.15, 0.2) is 5.82 Å². The summed E-state index contributed by atoms with van der Waals surface area (Å²) in [6.07, 6.45) is 0.659. The minimum atomic E-state index is -3.44. The van der Waals surface area contributed by atoms with Crippen LogP contribution in [0.4, 0.5) is 0 Å². The van der Waals surface area contributed by atoms with Crippen LogP contribution in [0.2, 0.25) is 0 Å². The lowest BCUT2D eigenvalue weighted by atomic mass is 10.2. The van der Waals surface area contributed by atoms with Gasteiger partial charge in [-0.15, -0.1) is 12.4 Å². The fraction of sp³-hybridized carbons (Fsp3) is 0.385. The summed E-state index contributed by atoms with van der Waals surface area (Å²) in [6.45, 7) is 2.02. The molecule has 122 valence electrons. The van der Waals surface area contributed by atoms with Gasteiger partial charge in [0.1, 0.15) is 0 Å². The molecule has 0 radical (unpaired) electrons. The molecule has 0 amide bonds. The summed E-state index contributed by atoms with van der Waals surface area (Å²) in [4.78, 5) is 4.49. The van der Waals surface area contributed by atoms with E-state index in [0.29, 0.717) is 23.7 Å². The van der Waals surface area contributed by atoms with E-state index in [1.54, 1.807) is 12.1 Å². The van der Waals surface area contributed by atoms with Gasteiger partial charge in [0.05, 0.1) is 4.90 Å². The topological polar surface area (TPSA) is 97.1 Å². The van der Waals surface area contributed by atoms with E-state index in [4.69, 9.17) is 4.52 Å². The van der Waals surface area contributed by atoms with Crippen LogP contribution in [0.25, 0.3) is 11.5 Å². The van der Waals surface area contributed by atoms with Gasteiger partial charge in [-0.05, 0) is 45.3 Å². The monoisotopic (exact) mass is 346 g/mol. The first-order valence-corrected chi connectivity index (χ1v) is 7.98. The van der Waals surface area contributed by atoms with Crippen molar-refractivity contribution in [3.05, 3.63) is 30.1 Å². The maximum Gasteiger partial charge on any atom is 0.257 e. The Morgan fingerprint density at radius 2 is 1.86 bits per heavy atom. The zero-order chi connectivity index (χ0) is 15.5. The molecule has 1 unspecified atom stereocenters. The molecule has 0 saturated carbocycles. The molecular weight excluding hydrogens is 328 g/mol. The molecule has 1 aromatic carbocycles. The van der Waals surface area contributed by atoms with Gasteiger partial charge in [0.2, 0.25) is 10.0 Å². The van der Waals surface area contributed by atoms with E-state index in [-0.39, 0.29) is 23.3 Å². The molecule has 2 aromatic rings. The zero-order valence-electron chi connectivity index (χ0n) is 12.5. The molecule has 1 heterocycles. The molecule has 0 aliphatic heterocycles. The van der Waals surface area contributed by atoms with Crippen molar-refractivity contribution in [3.63, 3.8) is 0 Å². The van der Waals surface area contributed by atoms with Crippen LogP contribution in [-0.2, 0) is 16.4 Å². The first-order chi connectivity index (χ1) is 9.96. The first kappa shape index (κ1) is 18.6. The van der Waals surface area contributed by atoms with Crippen molar-refractivity contribution in [1.29, 1.82) is 0 Å². The van der Waals surface area contributed by atoms with Crippen molar-refractivity contribution in [1.82, 2.24) is 20.2 Å². The third-order valence-corrected chi connectivity index (χ3v) is 4.56. The molecule has 9 heteroatoms. The SMILES string of the molecule is CNC(C)Cc1noc(-c2ccc(S(=O)(=O)NC)cc2)n1.Cl. The van der Waals surface area contributed by atoms with E-state index >= 15 is 0 Å². The number of benzene rings is 1. The van der Waals surface area contributed by atoms with Crippen molar-refractivity contribution in [2.24, 2.45) is 0 Å². The van der Waals surface area contributed by atoms with Crippen LogP contribution in [0.1, 0.15) is 12.7 Å². The lowest BCUT2D eigenvalue weighted by Gasteiger charge is -2.04. The molecule has 0 bridgehead atoms. The van der Waals surface area contributed by atoms with E-state index in [0.717, 1.165) is 0 Å². The quantitative estimate of drug-likeness (QED) is 0.816. The molecular formula is C13H19ClN4O3S. The Bertz CT molecular complexity index is 700. The van der Waals surface area contributed by atoms with Crippen molar-refractivity contribution in [2.75, 3.05) is 14.1 Å². The van der Waals surface area contributed by atoms with Gasteiger partial charge >= 0.3 is 0 Å². The fourth-order valence-electron chi connectivity index (χ4n) is 1.72. The van der Waals surface area contributed by atoms with Crippen LogP contribution in [0.15, 0.2) is 33.7 Å². The number of nitrogens with one attached hydrogen (secondary N) is 2. The van der Waals surface area contributed by atoms with Crippen molar-refractivity contribution in [3.8, 4) is 11.5 Å². The van der Waals surface area contributed by atoms with E-state index in [9.17, 15) is 8.42 Å². The second-order valence-electron chi connectivity index (χ2n) is 4.64. The number of sulfonamides is 1. The van der Waals surface area contributed by atoms with Crippen molar-refractivity contribution in [2.45, 2.75) is 24.3 Å². The molecule has 0 saturated heterocycles. The second-order valence-corrected chi connectivity index (χ2v) is 6.53. The Labute approximate surface area is 136 Å². The molecule has 0 aliphatic rings. The van der Waals surface area contributed by atoms with Gasteiger partial charge < -0.3 is 9.84 Å². The van der Waals surface area contributed by atoms with Crippen LogP contribution in [0, 0.1) is 0 Å². The predicted molar refractivity (Wildman–Crippen MR) is 85.5 cm³/mol. The van der Waals surface area contributed by atoms with Crippen molar-refractivity contribution < 1.29 is 12.9 Å². The zero-order valence-corrected chi connectivity index (χ0v) is 14.2. The highest BCUT2D eigenvalue weighted by Gasteiger charge is 2.14. The minimum absolute atomic E-state index is 0. The van der Waals surface area contributed by atoms with Crippen LogP contribution in [0.5, 0.6) is 0 Å². The van der Waals surface area contributed by atoms with Gasteiger partial charge in [-0.25, -0.2) is 13.1 Å². The Hall–Kier alpha value is -1.48. The maximum absolute atomic E-state index is 11.6. The maximum atomic E-state index is 11.6. The number of hydrogen-bond acceptors (Lipinski definition) is 6. The van der Waals surface area contributed by atoms with Crippen LogP contribution in [-0.4, -0.2) is 38.7 Å². The standard InChI is InChI=1S/C13H18N4O3S.ClH/c1-9(14-2)8-12-16-13(20-17-12)10-4-6-11(7-5-10)21(18,19)15-3;/h4-7,9,14-15H,8H2,1-3H3;1H. The Morgan fingerprint density at radius 1 is 1.23 bits per heavy atom. The van der Waals surface area contributed by atoms with E-state index in [1.165, 1.54) is 19.2 Å². The van der Waals surface area contributed by atoms with Crippen molar-refractivity contribution >= 4 is 22.4 Å². The molecule has 0 fully saturated rings. The second kappa shape index (κ2) is 7.68. The summed E-state index contributed by atoms with van der Waals surface area (Å²) in [5.74, 6) is 0.987. The molecule has 1 aromatic heterocycles. The van der Waals surface area contributed by atoms with E-state index in [2.05, 4.69) is 20.2 Å². The largest absolute Gasteiger partial charge is 0.334 e. The summed E-state index contributed by atoms with van der Waals surface area (Å²) >= 11 is 0. The lowest BCUT2D eigenvalue weighted by Crippen LogP contribution is -2.24. The van der Waals surface area contributed by atoms with Crippen LogP contribution in [0.3, 0.4) is 0 Å². The Morgan fingerprint density at radius 3 is 2.41 bits per heavy atom. The van der Waals surface area contributed by atoms with Gasteiger partial charge in [-0.2, -0.15) is 4.98 Å². The van der Waals surface area contributed by atoms with Crippen LogP contribution < -0.4 is 10.0 Å². The summed E-state index contributed by atoms with van der Waals surface area (Å²) in [5.41, 5.74) is 0.681. The number of hydrogen-bond donors (Lipinski definition) is 2. The number of nitrogens with zero attached hydrogens (tertiary/aromatic N) is 2. The lowest BCUT2D eigenvalue weighted by molar-refractivity contribution is 0.418. The molecule has 22 heavy (non-hydrogen) atoms. The highest BCUT2D eigenvalue weighted by Crippen LogP contribution is 2.19. The third kappa shape index (κ3) is 4.26. The van der Waals surface area contributed by atoms with Crippen LogP contribution >= 0.6 is 12.4 Å². The summed E-state index contributed by atoms with van der Waals surface area (Å²) < 4.78 is 30.7. The molecule has 0 spiro atoms. The molecule has 2 N–H and O–H groups in total. The van der Waals surface area contributed by atoms with Gasteiger partial charge in [-0.1, -0.05) is 5.16 Å². The average Bonchev–Trinajstić information content (AvgIpc) is 2.95. The smallest absolute Gasteiger partial charge is 0.257 e. The normalized spacial score (nSPS) is 12.7. The molecule has 1 atom stereocenters. The first-order valence-electron chi connectivity index (χ1n) is 6.50. The molecule has 7 nitrogen and oxygen atoms in total. The number of aromatic nitrogens is 2. The third-order valence-electron chi connectivity index (χ3n) is 3.13. The number of likely N-dealkylation sites (N-methyl/N-ethyl adjacent to an activating group) is 1. The predicted octanol–water partition coefficient (Wildman–Crippen LogP) is 1.22. The summed E-state index contributed by atoms with van der Waals surface area (Å²) in [7, 11) is -0.197. The number of rotatable bonds is 6. The van der Waals surface area contributed by atoms with E-state index in [1.807, 2.05) is 14.0 Å². The van der Waals surface area contributed by atoms with Gasteiger partial charge in [-0.3, -0.25) is 0 Å². The molecule has 0 aliphatic carbocycles. The van der Waals surface area contributed by atoms with E-state index < -0.39 is 10.0 Å². The highest BCUT2D eigenvalue weighted by molar-refractivity contribution is 7.89. The Balaban J connectivity index is 0.00000242. The average molecular weight is 347 g/mol. The Kier molecular flexibility index (Phi) is 6.48. The number of halogens is 1. The highest BCUT2D eigenvalue weighted by atomic mass is 35.5. The molecule has 2 rings (SSSR count). The fourth-order valence-corrected chi connectivity index (χ4v) is 2.45. The van der Waals surface area contributed by atoms with Gasteiger partial charge in [0, 0.05) is 18.0 Å². The summed E-state index contributed by atoms with van der Waals surface area (Å²) in [5, 5.41) is 7.01. The minimum Gasteiger partial charge on any atom is -0.334 e. The van der Waals surface area contributed by atoms with Gasteiger partial charge in [0.25, 0.3) is 5.89 Å². The summed E-state index contributed by atoms with van der Waals surface area (Å²) in [6, 6.07) is 6.53.